The van der Waals surface area contributed by atoms with Crippen LogP contribution in [-0.2, 0) is 33.5 Å². The number of piperidine rings is 3. The Hall–Kier alpha value is -6.92. The zero-order valence-corrected chi connectivity index (χ0v) is 50.5. The van der Waals surface area contributed by atoms with Gasteiger partial charge in [0.25, 0.3) is 18.1 Å². The van der Waals surface area contributed by atoms with Crippen molar-refractivity contribution in [3.05, 3.63) is 213 Å². The second-order valence-electron chi connectivity index (χ2n) is 24.1. The van der Waals surface area contributed by atoms with Gasteiger partial charge in [0.1, 0.15) is 37.3 Å². The molecule has 3 saturated heterocycles. The van der Waals surface area contributed by atoms with Crippen molar-refractivity contribution in [3.63, 3.8) is 0 Å². The maximum atomic E-state index is 13.5. The van der Waals surface area contributed by atoms with Gasteiger partial charge >= 0.3 is 0 Å². The van der Waals surface area contributed by atoms with E-state index in [0.717, 1.165) is 151 Å². The molecule has 87 heavy (non-hydrogen) atoms. The summed E-state index contributed by atoms with van der Waals surface area (Å²) in [5.41, 5.74) is 11.1. The fourth-order valence-electron chi connectivity index (χ4n) is 14.3. The van der Waals surface area contributed by atoms with Gasteiger partial charge < -0.3 is 44.9 Å². The van der Waals surface area contributed by atoms with Crippen LogP contribution >= 0.6 is 12.1 Å². The summed E-state index contributed by atoms with van der Waals surface area (Å²) in [7, 11) is 0. The molecular formula is C70H81F4N9O3S. The maximum Gasteiger partial charge on any atom is 0.288 e. The quantitative estimate of drug-likeness (QED) is 0.139. The Morgan fingerprint density at radius 3 is 0.908 bits per heavy atom. The number of ether oxygens (including phenoxy) is 3. The second kappa shape index (κ2) is 28.9. The predicted molar refractivity (Wildman–Crippen MR) is 338 cm³/mol. The lowest BCUT2D eigenvalue weighted by atomic mass is 9.88. The number of amidine groups is 3. The summed E-state index contributed by atoms with van der Waals surface area (Å²) in [6, 6.07) is 49.2. The highest BCUT2D eigenvalue weighted by Gasteiger charge is 2.40. The first kappa shape index (κ1) is 60.4. The summed E-state index contributed by atoms with van der Waals surface area (Å²) in [5.74, 6) is 1.17. The average Bonchev–Trinajstić information content (AvgIpc) is 3.08. The van der Waals surface area contributed by atoms with Crippen molar-refractivity contribution in [1.82, 2.24) is 30.7 Å². The van der Waals surface area contributed by atoms with Crippen LogP contribution in [0.1, 0.15) is 107 Å². The fourth-order valence-corrected chi connectivity index (χ4v) is 14.3. The van der Waals surface area contributed by atoms with Gasteiger partial charge in [-0.1, -0.05) is 109 Å². The highest BCUT2D eigenvalue weighted by atomic mass is 32.2. The molecule has 0 aromatic heterocycles. The minimum Gasteiger partial charge on any atom is -0.463 e. The number of aliphatic imine (C=N–C) groups is 3. The van der Waals surface area contributed by atoms with Gasteiger partial charge in [0.15, 0.2) is 0 Å². The Balaban J connectivity index is 0.000000124. The van der Waals surface area contributed by atoms with Gasteiger partial charge in [-0.05, 0) is 201 Å². The first-order valence-corrected chi connectivity index (χ1v) is 32.6. The van der Waals surface area contributed by atoms with Crippen LogP contribution in [0.25, 0.3) is 0 Å². The fraction of sp³-hybridized carbons (Fsp3) is 0.443. The van der Waals surface area contributed by atoms with E-state index in [2.05, 4.69) is 103 Å². The van der Waals surface area contributed by atoms with Crippen LogP contribution in [-0.4, -0.2) is 136 Å². The summed E-state index contributed by atoms with van der Waals surface area (Å²) >= 11 is 0.250. The molecule has 17 heteroatoms. The molecule has 9 aliphatic rings. The largest absolute Gasteiger partial charge is 0.463 e. The van der Waals surface area contributed by atoms with Crippen LogP contribution in [0.2, 0.25) is 0 Å². The van der Waals surface area contributed by atoms with Crippen molar-refractivity contribution >= 4 is 30.2 Å². The topological polar surface area (TPSA) is 111 Å². The Labute approximate surface area is 514 Å². The van der Waals surface area contributed by atoms with Gasteiger partial charge in [0.2, 0.25) is 0 Å². The molecule has 12 nitrogen and oxygen atoms in total. The number of benzene rings is 6. The summed E-state index contributed by atoms with van der Waals surface area (Å²) in [6.07, 6.45) is 11.2. The number of halogens is 4. The van der Waals surface area contributed by atoms with E-state index in [4.69, 9.17) is 29.2 Å². The van der Waals surface area contributed by atoms with Crippen LogP contribution in [0.5, 0.6) is 0 Å². The van der Waals surface area contributed by atoms with Gasteiger partial charge in [-0.3, -0.25) is 0 Å². The zero-order chi connectivity index (χ0) is 59.5. The molecule has 3 fully saturated rings. The van der Waals surface area contributed by atoms with E-state index in [9.17, 15) is 17.1 Å². The van der Waals surface area contributed by atoms with Crippen LogP contribution in [0.4, 0.5) is 17.1 Å². The van der Waals surface area contributed by atoms with Crippen molar-refractivity contribution < 1.29 is 31.3 Å². The SMILES string of the molecule is CSF.Fc1ccc([C@H]2c3ccccc3CCN2C2=N[C@@H](C3CCNCC3)CO2)cc1.Fc1ccc([C@H]2c3ccccc3CCN2C2=N[C@@H](C3CCNCC3)CO2)cc1.Fc1ccc([C@H]2c3ccccc3CCN2C2=N[C@H](C3CCNCC3)CO2)cc1. The molecule has 6 aromatic rings. The van der Waals surface area contributed by atoms with Crippen LogP contribution in [0.15, 0.2) is 161 Å². The average molecular weight is 1200 g/mol. The third-order valence-electron chi connectivity index (χ3n) is 18.9. The van der Waals surface area contributed by atoms with Gasteiger partial charge in [0.05, 0.1) is 36.3 Å². The van der Waals surface area contributed by atoms with E-state index < -0.39 is 0 Å². The molecule has 9 heterocycles. The smallest absolute Gasteiger partial charge is 0.288 e. The van der Waals surface area contributed by atoms with E-state index in [0.29, 0.717) is 37.6 Å². The van der Waals surface area contributed by atoms with E-state index in [1.165, 1.54) is 39.6 Å². The molecule has 9 aliphatic heterocycles. The maximum absolute atomic E-state index is 13.5. The molecule has 15 rings (SSSR count). The van der Waals surface area contributed by atoms with E-state index in [1.54, 1.807) is 36.4 Å². The molecule has 0 amide bonds. The molecular weight excluding hydrogens is 1120 g/mol. The first-order valence-electron chi connectivity index (χ1n) is 31.5. The minimum atomic E-state index is -0.208. The van der Waals surface area contributed by atoms with E-state index in [-0.39, 0.29) is 65.9 Å². The molecule has 3 N–H and O–H groups in total. The Morgan fingerprint density at radius 1 is 0.391 bits per heavy atom. The molecule has 458 valence electrons. The normalized spacial score (nSPS) is 24.5. The summed E-state index contributed by atoms with van der Waals surface area (Å²) in [6.45, 7) is 11.0. The van der Waals surface area contributed by atoms with Crippen molar-refractivity contribution in [2.45, 2.75) is 94.0 Å². The Kier molecular flexibility index (Phi) is 20.1. The number of nitrogens with one attached hydrogen (secondary N) is 3. The molecule has 0 saturated carbocycles. The van der Waals surface area contributed by atoms with Crippen molar-refractivity contribution in [1.29, 1.82) is 0 Å². The molecule has 0 bridgehead atoms. The lowest BCUT2D eigenvalue weighted by molar-refractivity contribution is 0.204. The van der Waals surface area contributed by atoms with E-state index in [1.807, 2.05) is 36.4 Å². The summed E-state index contributed by atoms with van der Waals surface area (Å²) < 4.78 is 69.2. The van der Waals surface area contributed by atoms with Gasteiger partial charge in [-0.2, -0.15) is 3.89 Å². The highest BCUT2D eigenvalue weighted by molar-refractivity contribution is 7.93. The summed E-state index contributed by atoms with van der Waals surface area (Å²) in [4.78, 5) is 21.9. The number of nitrogens with zero attached hydrogens (tertiary/aromatic N) is 6. The third kappa shape index (κ3) is 14.2. The van der Waals surface area contributed by atoms with Crippen molar-refractivity contribution in [2.24, 2.45) is 32.7 Å². The lowest BCUT2D eigenvalue weighted by Gasteiger charge is -2.38. The third-order valence-corrected chi connectivity index (χ3v) is 18.9. The van der Waals surface area contributed by atoms with Gasteiger partial charge in [-0.25, -0.2) is 28.1 Å². The van der Waals surface area contributed by atoms with Crippen LogP contribution in [0, 0.1) is 35.2 Å². The van der Waals surface area contributed by atoms with Crippen molar-refractivity contribution in [2.75, 3.05) is 85.0 Å². The predicted octanol–water partition coefficient (Wildman–Crippen LogP) is 11.8. The molecule has 0 radical (unpaired) electrons. The molecule has 6 aromatic carbocycles. The van der Waals surface area contributed by atoms with Crippen LogP contribution < -0.4 is 16.0 Å². The first-order chi connectivity index (χ1) is 42.8. The molecule has 0 unspecified atom stereocenters. The Bertz CT molecular complexity index is 2960. The lowest BCUT2D eigenvalue weighted by Crippen LogP contribution is -2.40. The molecule has 0 spiro atoms. The Morgan fingerprint density at radius 2 is 0.644 bits per heavy atom. The van der Waals surface area contributed by atoms with Gasteiger partial charge in [0, 0.05) is 38.0 Å². The molecule has 0 aliphatic carbocycles. The number of hydrogen-bond acceptors (Lipinski definition) is 13. The summed E-state index contributed by atoms with van der Waals surface area (Å²) in [5, 5.41) is 10.3. The number of hydrogen-bond donors (Lipinski definition) is 3. The highest BCUT2D eigenvalue weighted by Crippen LogP contribution is 2.41. The van der Waals surface area contributed by atoms with Crippen LogP contribution in [0.3, 0.4) is 0 Å². The number of fused-ring (bicyclic) bond motifs is 3. The monoisotopic (exact) mass is 1200 g/mol. The standard InChI is InChI=1S/3C23H26FN3O.CH3FS/c3*24-19-7-5-18(6-8-19)22-20-4-2-1-3-16(20)11-14-27(22)23-26-21(15-28-23)17-9-12-25-13-10-17;1-3-2/h3*1-8,17,21-22,25H,9-15H2;1H3/t2*21-,22+;21-,22-;/m110./s1. The number of rotatable bonds is 6. The van der Waals surface area contributed by atoms with Crippen molar-refractivity contribution in [3.8, 4) is 0 Å². The minimum absolute atomic E-state index is 0.0103. The van der Waals surface area contributed by atoms with E-state index >= 15 is 0 Å². The zero-order valence-electron chi connectivity index (χ0n) is 49.7. The second-order valence-corrected chi connectivity index (χ2v) is 24.4. The molecule has 6 atom stereocenters. The van der Waals surface area contributed by atoms with Gasteiger partial charge in [-0.15, -0.1) is 0 Å².